The minimum absolute atomic E-state index is 0.109. The average Bonchev–Trinajstić information content (AvgIpc) is 2.94. The molecule has 0 saturated carbocycles. The number of hydrogen-bond donors (Lipinski definition) is 0. The number of phosphoric ester groups is 1. The zero-order valence-corrected chi connectivity index (χ0v) is 24.4. The largest absolute Gasteiger partial charge is 0.476 e. The molecule has 7 nitrogen and oxygen atoms in total. The lowest BCUT2D eigenvalue weighted by Crippen LogP contribution is -2.18. The molecular weight excluding hydrogens is 560 g/mol. The monoisotopic (exact) mass is 590 g/mol. The smallest absolute Gasteiger partial charge is 0.292 e. The van der Waals surface area contributed by atoms with E-state index in [2.05, 4.69) is 0 Å². The van der Waals surface area contributed by atoms with E-state index in [-0.39, 0.29) is 33.4 Å². The Morgan fingerprint density at radius 2 is 0.756 bits per heavy atom. The minimum Gasteiger partial charge on any atom is -0.292 e. The van der Waals surface area contributed by atoms with E-state index in [9.17, 15) is 32.1 Å². The molecule has 0 spiro atoms. The SMILES string of the molecule is Cc1c(F)ccc(C(=O)COP(=O)(OCC(=O)c2ccc(F)c(C)c2C)OCC(=O)c2ccc(F)c(C)c2C)c1C. The molecule has 0 atom stereocenters. The van der Waals surface area contributed by atoms with Gasteiger partial charge in [-0.25, -0.2) is 17.7 Å². The number of benzene rings is 3. The van der Waals surface area contributed by atoms with Gasteiger partial charge in [0.05, 0.1) is 0 Å². The lowest BCUT2D eigenvalue weighted by Gasteiger charge is -2.18. The van der Waals surface area contributed by atoms with Gasteiger partial charge in [-0.3, -0.25) is 28.0 Å². The van der Waals surface area contributed by atoms with Crippen molar-refractivity contribution in [1.29, 1.82) is 0 Å². The van der Waals surface area contributed by atoms with Crippen LogP contribution in [-0.4, -0.2) is 37.2 Å². The molecule has 3 aromatic carbocycles. The van der Waals surface area contributed by atoms with Gasteiger partial charge in [-0.1, -0.05) is 0 Å². The van der Waals surface area contributed by atoms with Gasteiger partial charge in [-0.05, 0) is 111 Å². The number of rotatable bonds is 12. The summed E-state index contributed by atoms with van der Waals surface area (Å²) in [6.45, 7) is 6.58. The van der Waals surface area contributed by atoms with E-state index in [0.717, 1.165) is 18.2 Å². The highest BCUT2D eigenvalue weighted by Gasteiger charge is 2.32. The van der Waals surface area contributed by atoms with Crippen LogP contribution in [0.5, 0.6) is 0 Å². The van der Waals surface area contributed by atoms with E-state index in [1.807, 2.05) is 0 Å². The van der Waals surface area contributed by atoms with Crippen molar-refractivity contribution in [3.63, 3.8) is 0 Å². The van der Waals surface area contributed by atoms with Crippen molar-refractivity contribution in [2.24, 2.45) is 0 Å². The van der Waals surface area contributed by atoms with Crippen molar-refractivity contribution >= 4 is 25.2 Å². The number of carbonyl (C=O) groups excluding carboxylic acids is 3. The highest BCUT2D eigenvalue weighted by molar-refractivity contribution is 7.48. The third-order valence-corrected chi connectivity index (χ3v) is 8.46. The Bertz CT molecular complexity index is 1400. The summed E-state index contributed by atoms with van der Waals surface area (Å²) in [5.74, 6) is -3.55. The molecule has 3 aromatic rings. The summed E-state index contributed by atoms with van der Waals surface area (Å²) in [6, 6.07) is 7.09. The van der Waals surface area contributed by atoms with Crippen LogP contribution in [0, 0.1) is 59.0 Å². The molecule has 0 saturated heterocycles. The first-order valence-electron chi connectivity index (χ1n) is 12.6. The maximum atomic E-state index is 13.8. The summed E-state index contributed by atoms with van der Waals surface area (Å²) in [5, 5.41) is 0. The van der Waals surface area contributed by atoms with Crippen molar-refractivity contribution in [2.75, 3.05) is 19.8 Å². The summed E-state index contributed by atoms with van der Waals surface area (Å²) >= 11 is 0. The molecular formula is C30H30F3O7P. The third-order valence-electron chi connectivity index (χ3n) is 7.13. The second-order valence-corrected chi connectivity index (χ2v) is 11.2. The second-order valence-electron chi connectivity index (χ2n) is 9.57. The van der Waals surface area contributed by atoms with E-state index in [1.165, 1.54) is 59.7 Å². The van der Waals surface area contributed by atoms with E-state index >= 15 is 0 Å². The van der Waals surface area contributed by atoms with Gasteiger partial charge in [0, 0.05) is 16.7 Å². The Kier molecular flexibility index (Phi) is 10.2. The summed E-state index contributed by atoms with van der Waals surface area (Å²) in [6.07, 6.45) is 0. The summed E-state index contributed by atoms with van der Waals surface area (Å²) < 4.78 is 70.8. The predicted molar refractivity (Wildman–Crippen MR) is 146 cm³/mol. The number of carbonyl (C=O) groups is 3. The molecule has 0 fully saturated rings. The third kappa shape index (κ3) is 7.26. The summed E-state index contributed by atoms with van der Waals surface area (Å²) in [5.41, 5.74) is 2.13. The molecule has 0 aliphatic heterocycles. The van der Waals surface area contributed by atoms with E-state index in [0.29, 0.717) is 16.7 Å². The van der Waals surface area contributed by atoms with Crippen molar-refractivity contribution in [1.82, 2.24) is 0 Å². The second kappa shape index (κ2) is 13.0. The topological polar surface area (TPSA) is 96.0 Å². The average molecular weight is 591 g/mol. The first-order valence-corrected chi connectivity index (χ1v) is 14.0. The molecule has 0 amide bonds. The molecule has 11 heteroatoms. The van der Waals surface area contributed by atoms with Crippen LogP contribution in [0.1, 0.15) is 64.5 Å². The maximum absolute atomic E-state index is 13.8. The van der Waals surface area contributed by atoms with Crippen molar-refractivity contribution in [3.05, 3.63) is 104 Å². The van der Waals surface area contributed by atoms with Crippen LogP contribution >= 0.6 is 7.82 Å². The Morgan fingerprint density at radius 3 is 1.00 bits per heavy atom. The number of phosphoric acid groups is 1. The van der Waals surface area contributed by atoms with Crippen LogP contribution < -0.4 is 0 Å². The number of Topliss-reactive ketones (excluding diaryl/α,β-unsaturated/α-hetero) is 3. The normalized spacial score (nSPS) is 11.5. The minimum atomic E-state index is -4.74. The van der Waals surface area contributed by atoms with Gasteiger partial charge in [0.15, 0.2) is 17.3 Å². The van der Waals surface area contributed by atoms with Gasteiger partial charge in [0.2, 0.25) is 0 Å². The first-order chi connectivity index (χ1) is 19.2. The van der Waals surface area contributed by atoms with Crippen molar-refractivity contribution in [3.8, 4) is 0 Å². The van der Waals surface area contributed by atoms with E-state index in [1.54, 1.807) is 0 Å². The molecule has 41 heavy (non-hydrogen) atoms. The Balaban J connectivity index is 1.82. The van der Waals surface area contributed by atoms with Gasteiger partial charge < -0.3 is 0 Å². The quantitative estimate of drug-likeness (QED) is 0.165. The van der Waals surface area contributed by atoms with Crippen LogP contribution in [0.2, 0.25) is 0 Å². The zero-order chi connectivity index (χ0) is 30.6. The number of hydrogen-bond acceptors (Lipinski definition) is 7. The lowest BCUT2D eigenvalue weighted by atomic mass is 10.00. The molecule has 0 heterocycles. The maximum Gasteiger partial charge on any atom is 0.476 e. The molecule has 3 rings (SSSR count). The summed E-state index contributed by atoms with van der Waals surface area (Å²) in [4.78, 5) is 38.5. The zero-order valence-electron chi connectivity index (χ0n) is 23.5. The summed E-state index contributed by atoms with van der Waals surface area (Å²) in [7, 11) is -4.74. The van der Waals surface area contributed by atoms with Crippen LogP contribution in [0.4, 0.5) is 13.2 Å². The van der Waals surface area contributed by atoms with Gasteiger partial charge in [0.1, 0.15) is 37.3 Å². The van der Waals surface area contributed by atoms with E-state index < -0.39 is 62.4 Å². The fraction of sp³-hybridized carbons (Fsp3) is 0.300. The standard InChI is InChI=1S/C30H30F3O7P/c1-16-19(4)25(31)10-7-22(16)28(34)13-38-41(37,39-14-29(35)23-8-11-26(32)20(5)17(23)2)40-15-30(36)24-9-12-27(33)21(6)18(24)3/h7-12H,13-15H2,1-6H3. The molecule has 0 N–H and O–H groups in total. The fourth-order valence-electron chi connectivity index (χ4n) is 4.03. The number of ketones is 3. The van der Waals surface area contributed by atoms with E-state index in [4.69, 9.17) is 13.6 Å². The van der Waals surface area contributed by atoms with Gasteiger partial charge in [0.25, 0.3) is 0 Å². The fourth-order valence-corrected chi connectivity index (χ4v) is 5.08. The Morgan fingerprint density at radius 1 is 0.512 bits per heavy atom. The van der Waals surface area contributed by atoms with Crippen LogP contribution in [0.25, 0.3) is 0 Å². The van der Waals surface area contributed by atoms with Gasteiger partial charge >= 0.3 is 7.82 Å². The van der Waals surface area contributed by atoms with Gasteiger partial charge in [-0.2, -0.15) is 0 Å². The number of halogens is 3. The molecule has 0 aliphatic carbocycles. The molecule has 0 aliphatic rings. The Hall–Kier alpha value is -3.43. The van der Waals surface area contributed by atoms with Gasteiger partial charge in [-0.15, -0.1) is 0 Å². The Labute approximate surface area is 236 Å². The molecule has 0 aromatic heterocycles. The highest BCUT2D eigenvalue weighted by atomic mass is 31.2. The molecule has 0 radical (unpaired) electrons. The highest BCUT2D eigenvalue weighted by Crippen LogP contribution is 2.49. The molecule has 218 valence electrons. The van der Waals surface area contributed by atoms with Crippen molar-refractivity contribution < 1.29 is 45.7 Å². The predicted octanol–water partition coefficient (Wildman–Crippen LogP) is 7.06. The molecule has 0 bridgehead atoms. The van der Waals surface area contributed by atoms with Crippen LogP contribution in [0.15, 0.2) is 36.4 Å². The first kappa shape index (κ1) is 32.1. The lowest BCUT2D eigenvalue weighted by molar-refractivity contribution is 0.0696. The van der Waals surface area contributed by atoms with Crippen LogP contribution in [0.3, 0.4) is 0 Å². The van der Waals surface area contributed by atoms with Crippen molar-refractivity contribution in [2.45, 2.75) is 41.5 Å². The van der Waals surface area contributed by atoms with Crippen LogP contribution in [-0.2, 0) is 18.1 Å². The molecule has 0 unspecified atom stereocenters.